The molecule has 1 N–H and O–H groups in total. The number of aryl methyl sites for hydroxylation is 2. The van der Waals surface area contributed by atoms with E-state index in [0.29, 0.717) is 5.25 Å². The van der Waals surface area contributed by atoms with Crippen LogP contribution in [0.1, 0.15) is 17.8 Å². The van der Waals surface area contributed by atoms with Gasteiger partial charge in [0.1, 0.15) is 0 Å². The summed E-state index contributed by atoms with van der Waals surface area (Å²) in [4.78, 5) is 15.4. The summed E-state index contributed by atoms with van der Waals surface area (Å²) in [6.45, 7) is 2.80. The van der Waals surface area contributed by atoms with E-state index in [2.05, 4.69) is 10.3 Å². The summed E-state index contributed by atoms with van der Waals surface area (Å²) in [5.41, 5.74) is 2.18. The molecule has 1 unspecified atom stereocenters. The van der Waals surface area contributed by atoms with E-state index in [0.717, 1.165) is 30.8 Å². The minimum atomic E-state index is 0.109. The van der Waals surface area contributed by atoms with Crippen molar-refractivity contribution in [2.24, 2.45) is 0 Å². The highest BCUT2D eigenvalue weighted by atomic mass is 32.2. The van der Waals surface area contributed by atoms with Crippen molar-refractivity contribution in [3.8, 4) is 0 Å². The van der Waals surface area contributed by atoms with Crippen LogP contribution in [-0.2, 0) is 6.42 Å². The number of hydrogen-bond acceptors (Lipinski definition) is 3. The highest BCUT2D eigenvalue weighted by Gasteiger charge is 2.21. The molecular formula is C11H14N2OS. The van der Waals surface area contributed by atoms with E-state index in [1.54, 1.807) is 0 Å². The van der Waals surface area contributed by atoms with E-state index in [1.807, 2.05) is 25.1 Å². The van der Waals surface area contributed by atoms with E-state index in [9.17, 15) is 4.79 Å². The minimum Gasteiger partial charge on any atom is -0.346 e. The van der Waals surface area contributed by atoms with Crippen LogP contribution in [0.2, 0.25) is 0 Å². The number of aromatic nitrogens is 1. The summed E-state index contributed by atoms with van der Waals surface area (Å²) in [7, 11) is 0. The second-order valence-electron chi connectivity index (χ2n) is 3.72. The molecule has 1 aromatic heterocycles. The van der Waals surface area contributed by atoms with E-state index < -0.39 is 0 Å². The number of nitrogens with one attached hydrogen (secondary N) is 1. The van der Waals surface area contributed by atoms with Gasteiger partial charge in [-0.2, -0.15) is 0 Å². The zero-order valence-electron chi connectivity index (χ0n) is 8.69. The molecule has 80 valence electrons. The van der Waals surface area contributed by atoms with Gasteiger partial charge in [0.2, 0.25) is 0 Å². The summed E-state index contributed by atoms with van der Waals surface area (Å²) in [5, 5.41) is 3.35. The first-order chi connectivity index (χ1) is 7.24. The minimum absolute atomic E-state index is 0.109. The highest BCUT2D eigenvalue weighted by molar-refractivity contribution is 8.14. The van der Waals surface area contributed by atoms with E-state index in [1.165, 1.54) is 11.8 Å². The second-order valence-corrected chi connectivity index (χ2v) is 4.99. The van der Waals surface area contributed by atoms with Gasteiger partial charge in [-0.1, -0.05) is 17.8 Å². The van der Waals surface area contributed by atoms with Crippen molar-refractivity contribution in [3.63, 3.8) is 0 Å². The first-order valence-corrected chi connectivity index (χ1v) is 5.99. The predicted octanol–water partition coefficient (Wildman–Crippen LogP) is 2.15. The first kappa shape index (κ1) is 10.5. The number of hydrogen-bond donors (Lipinski definition) is 1. The number of thioether (sulfide) groups is 1. The molecule has 4 heteroatoms. The molecule has 0 saturated carbocycles. The van der Waals surface area contributed by atoms with Crippen LogP contribution >= 0.6 is 11.8 Å². The van der Waals surface area contributed by atoms with E-state index in [4.69, 9.17) is 0 Å². The Morgan fingerprint density at radius 3 is 3.13 bits per heavy atom. The summed E-state index contributed by atoms with van der Waals surface area (Å²) >= 11 is 1.41. The Hall–Kier alpha value is -1.03. The molecule has 0 radical (unpaired) electrons. The molecule has 0 aromatic carbocycles. The van der Waals surface area contributed by atoms with Crippen molar-refractivity contribution in [1.29, 1.82) is 0 Å². The standard InChI is InChI=1S/C11H14N2OS/c1-8-3-2-4-9(13-8)5-6-10-7-12-11(14)15-10/h2-4,10H,5-7H2,1H3,(H,12,14). The molecule has 1 atom stereocenters. The SMILES string of the molecule is Cc1cccc(CCC2CNC(=O)S2)n1. The van der Waals surface area contributed by atoms with Crippen LogP contribution in [0.3, 0.4) is 0 Å². The fourth-order valence-corrected chi connectivity index (χ4v) is 2.51. The van der Waals surface area contributed by atoms with Crippen molar-refractivity contribution in [1.82, 2.24) is 10.3 Å². The van der Waals surface area contributed by atoms with Gasteiger partial charge in [-0.05, 0) is 31.9 Å². The Kier molecular flexibility index (Phi) is 3.26. The van der Waals surface area contributed by atoms with Crippen molar-refractivity contribution < 1.29 is 4.79 Å². The molecular weight excluding hydrogens is 208 g/mol. The average Bonchev–Trinajstić information content (AvgIpc) is 2.62. The van der Waals surface area contributed by atoms with Gasteiger partial charge in [0.05, 0.1) is 0 Å². The molecule has 1 aromatic rings. The lowest BCUT2D eigenvalue weighted by Gasteiger charge is -2.05. The topological polar surface area (TPSA) is 42.0 Å². The maximum Gasteiger partial charge on any atom is 0.279 e. The number of amides is 1. The smallest absolute Gasteiger partial charge is 0.279 e. The van der Waals surface area contributed by atoms with Gasteiger partial charge in [-0.3, -0.25) is 9.78 Å². The molecule has 1 aliphatic rings. The van der Waals surface area contributed by atoms with Gasteiger partial charge in [0.25, 0.3) is 5.24 Å². The van der Waals surface area contributed by atoms with Gasteiger partial charge in [-0.15, -0.1) is 0 Å². The van der Waals surface area contributed by atoms with Crippen LogP contribution < -0.4 is 5.32 Å². The molecule has 15 heavy (non-hydrogen) atoms. The maximum atomic E-state index is 11.0. The highest BCUT2D eigenvalue weighted by Crippen LogP contribution is 2.21. The van der Waals surface area contributed by atoms with Crippen molar-refractivity contribution >= 4 is 17.0 Å². The molecule has 2 heterocycles. The van der Waals surface area contributed by atoms with E-state index in [-0.39, 0.29) is 5.24 Å². The zero-order chi connectivity index (χ0) is 10.7. The van der Waals surface area contributed by atoms with Crippen LogP contribution in [0.15, 0.2) is 18.2 Å². The summed E-state index contributed by atoms with van der Waals surface area (Å²) in [6, 6.07) is 6.07. The molecule has 1 saturated heterocycles. The third-order valence-corrected chi connectivity index (χ3v) is 3.51. The Bertz CT molecular complexity index is 367. The summed E-state index contributed by atoms with van der Waals surface area (Å²) < 4.78 is 0. The second kappa shape index (κ2) is 4.66. The Labute approximate surface area is 93.7 Å². The number of pyridine rings is 1. The Morgan fingerprint density at radius 2 is 2.47 bits per heavy atom. The van der Waals surface area contributed by atoms with Crippen LogP contribution in [0.25, 0.3) is 0 Å². The number of rotatable bonds is 3. The van der Waals surface area contributed by atoms with Crippen LogP contribution in [0.5, 0.6) is 0 Å². The average molecular weight is 222 g/mol. The third-order valence-electron chi connectivity index (χ3n) is 2.42. The molecule has 1 fully saturated rings. The Morgan fingerprint density at radius 1 is 1.60 bits per heavy atom. The summed E-state index contributed by atoms with van der Waals surface area (Å²) in [6.07, 6.45) is 1.97. The molecule has 3 nitrogen and oxygen atoms in total. The molecule has 0 bridgehead atoms. The normalized spacial score (nSPS) is 20.3. The van der Waals surface area contributed by atoms with Gasteiger partial charge < -0.3 is 5.32 Å². The molecule has 2 rings (SSSR count). The van der Waals surface area contributed by atoms with Gasteiger partial charge >= 0.3 is 0 Å². The number of carbonyl (C=O) groups is 1. The van der Waals surface area contributed by atoms with Gasteiger partial charge in [0, 0.05) is 23.2 Å². The van der Waals surface area contributed by atoms with Crippen LogP contribution in [-0.4, -0.2) is 22.0 Å². The largest absolute Gasteiger partial charge is 0.346 e. The summed E-state index contributed by atoms with van der Waals surface area (Å²) in [5.74, 6) is 0. The van der Waals surface area contributed by atoms with Crippen molar-refractivity contribution in [2.75, 3.05) is 6.54 Å². The quantitative estimate of drug-likeness (QED) is 0.852. The monoisotopic (exact) mass is 222 g/mol. The first-order valence-electron chi connectivity index (χ1n) is 5.11. The lowest BCUT2D eigenvalue weighted by atomic mass is 10.1. The lowest BCUT2D eigenvalue weighted by molar-refractivity contribution is 0.262. The van der Waals surface area contributed by atoms with Crippen LogP contribution in [0.4, 0.5) is 4.79 Å². The van der Waals surface area contributed by atoms with Gasteiger partial charge in [-0.25, -0.2) is 0 Å². The molecule has 0 aliphatic carbocycles. The zero-order valence-corrected chi connectivity index (χ0v) is 9.51. The maximum absolute atomic E-state index is 11.0. The van der Waals surface area contributed by atoms with Crippen molar-refractivity contribution in [3.05, 3.63) is 29.6 Å². The number of nitrogens with zero attached hydrogens (tertiary/aromatic N) is 1. The van der Waals surface area contributed by atoms with Crippen molar-refractivity contribution in [2.45, 2.75) is 25.0 Å². The van der Waals surface area contributed by atoms with Crippen LogP contribution in [0, 0.1) is 6.92 Å². The molecule has 1 amide bonds. The third kappa shape index (κ3) is 2.96. The fraction of sp³-hybridized carbons (Fsp3) is 0.455. The predicted molar refractivity (Wildman–Crippen MR) is 62.1 cm³/mol. The fourth-order valence-electron chi connectivity index (χ4n) is 1.64. The van der Waals surface area contributed by atoms with E-state index >= 15 is 0 Å². The molecule has 1 aliphatic heterocycles. The van der Waals surface area contributed by atoms with Gasteiger partial charge in [0.15, 0.2) is 0 Å². The lowest BCUT2D eigenvalue weighted by Crippen LogP contribution is -2.15. The molecule has 0 spiro atoms. The number of carbonyl (C=O) groups excluding carboxylic acids is 1. The Balaban J connectivity index is 1.85.